The monoisotopic (exact) mass is 319 g/mol. The van der Waals surface area contributed by atoms with Crippen LogP contribution in [0.1, 0.15) is 49.4 Å². The third-order valence-electron chi connectivity index (χ3n) is 4.25. The van der Waals surface area contributed by atoms with Crippen LogP contribution in [-0.2, 0) is 9.53 Å². The Kier molecular flexibility index (Phi) is 6.44. The van der Waals surface area contributed by atoms with Gasteiger partial charge in [0.05, 0.1) is 12.7 Å². The molecule has 0 bridgehead atoms. The fraction of sp³-hybridized carbons (Fsp3) is 0.556. The molecule has 1 atom stereocenters. The number of rotatable bonds is 6. The molecule has 1 fully saturated rings. The van der Waals surface area contributed by atoms with Crippen molar-refractivity contribution in [2.24, 2.45) is 5.92 Å². The molecule has 23 heavy (non-hydrogen) atoms. The molecule has 1 saturated carbocycles. The first-order valence-corrected chi connectivity index (χ1v) is 8.23. The highest BCUT2D eigenvalue weighted by molar-refractivity contribution is 5.92. The summed E-state index contributed by atoms with van der Waals surface area (Å²) in [6.45, 7) is 2.26. The maximum Gasteiger partial charge on any atom is 0.339 e. The van der Waals surface area contributed by atoms with Crippen LogP contribution < -0.4 is 10.1 Å². The summed E-state index contributed by atoms with van der Waals surface area (Å²) in [7, 11) is 1.53. The zero-order valence-corrected chi connectivity index (χ0v) is 13.8. The van der Waals surface area contributed by atoms with E-state index >= 15 is 0 Å². The Hall–Kier alpha value is -2.04. The number of benzene rings is 1. The van der Waals surface area contributed by atoms with Crippen molar-refractivity contribution in [2.45, 2.75) is 45.1 Å². The van der Waals surface area contributed by atoms with E-state index in [-0.39, 0.29) is 5.91 Å². The number of methoxy groups -OCH3 is 1. The number of hydrogen-bond donors (Lipinski definition) is 1. The topological polar surface area (TPSA) is 64.6 Å². The van der Waals surface area contributed by atoms with Crippen LogP contribution in [0.5, 0.6) is 5.75 Å². The molecule has 0 saturated heterocycles. The molecule has 0 aliphatic heterocycles. The average molecular weight is 319 g/mol. The summed E-state index contributed by atoms with van der Waals surface area (Å²) in [6, 6.07) is 6.69. The minimum Gasteiger partial charge on any atom is -0.497 e. The molecule has 0 heterocycles. The van der Waals surface area contributed by atoms with Crippen molar-refractivity contribution in [3.63, 3.8) is 0 Å². The highest BCUT2D eigenvalue weighted by Gasteiger charge is 2.21. The summed E-state index contributed by atoms with van der Waals surface area (Å²) in [4.78, 5) is 24.1. The number of hydrogen-bond acceptors (Lipinski definition) is 4. The van der Waals surface area contributed by atoms with Gasteiger partial charge in [0.15, 0.2) is 6.10 Å². The third-order valence-corrected chi connectivity index (χ3v) is 4.25. The Balaban J connectivity index is 1.81. The number of nitrogens with one attached hydrogen (secondary N) is 1. The predicted molar refractivity (Wildman–Crippen MR) is 87.5 cm³/mol. The van der Waals surface area contributed by atoms with Crippen LogP contribution in [0.2, 0.25) is 0 Å². The molecule has 5 heteroatoms. The summed E-state index contributed by atoms with van der Waals surface area (Å²) in [5, 5.41) is 2.89. The van der Waals surface area contributed by atoms with Crippen LogP contribution in [0.3, 0.4) is 0 Å². The van der Waals surface area contributed by atoms with Crippen molar-refractivity contribution in [3.8, 4) is 5.75 Å². The minimum atomic E-state index is -0.808. The minimum absolute atomic E-state index is 0.244. The molecule has 1 N–H and O–H groups in total. The van der Waals surface area contributed by atoms with E-state index in [2.05, 4.69) is 5.32 Å². The van der Waals surface area contributed by atoms with Gasteiger partial charge in [0, 0.05) is 6.54 Å². The van der Waals surface area contributed by atoms with E-state index in [0.29, 0.717) is 23.8 Å². The molecule has 1 amide bonds. The molecule has 5 nitrogen and oxygen atoms in total. The van der Waals surface area contributed by atoms with Crippen LogP contribution in [0.15, 0.2) is 24.3 Å². The lowest BCUT2D eigenvalue weighted by atomic mass is 9.89. The van der Waals surface area contributed by atoms with Gasteiger partial charge in [-0.25, -0.2) is 4.79 Å². The maximum absolute atomic E-state index is 12.1. The van der Waals surface area contributed by atoms with E-state index in [4.69, 9.17) is 9.47 Å². The quantitative estimate of drug-likeness (QED) is 0.819. The average Bonchev–Trinajstić information content (AvgIpc) is 2.60. The molecule has 1 unspecified atom stereocenters. The number of esters is 1. The Morgan fingerprint density at radius 3 is 2.70 bits per heavy atom. The lowest BCUT2D eigenvalue weighted by Crippen LogP contribution is -2.38. The molecule has 1 aromatic rings. The second-order valence-corrected chi connectivity index (χ2v) is 6.03. The fourth-order valence-electron chi connectivity index (χ4n) is 2.81. The van der Waals surface area contributed by atoms with Crippen LogP contribution in [0.4, 0.5) is 0 Å². The van der Waals surface area contributed by atoms with Gasteiger partial charge in [-0.05, 0) is 43.9 Å². The van der Waals surface area contributed by atoms with Crippen molar-refractivity contribution < 1.29 is 19.1 Å². The van der Waals surface area contributed by atoms with Gasteiger partial charge in [0.25, 0.3) is 5.91 Å². The van der Waals surface area contributed by atoms with Gasteiger partial charge in [-0.15, -0.1) is 0 Å². The molecule has 126 valence electrons. The summed E-state index contributed by atoms with van der Waals surface area (Å²) in [5.74, 6) is 0.360. The van der Waals surface area contributed by atoms with Gasteiger partial charge in [-0.2, -0.15) is 0 Å². The second kappa shape index (κ2) is 8.56. The van der Waals surface area contributed by atoms with E-state index in [9.17, 15) is 9.59 Å². The number of amides is 1. The number of ether oxygens (including phenoxy) is 2. The fourth-order valence-corrected chi connectivity index (χ4v) is 2.81. The first kappa shape index (κ1) is 17.3. The first-order chi connectivity index (χ1) is 11.1. The van der Waals surface area contributed by atoms with E-state index in [1.54, 1.807) is 31.2 Å². The third kappa shape index (κ3) is 5.27. The molecule has 2 rings (SSSR count). The Bertz CT molecular complexity index is 538. The summed E-state index contributed by atoms with van der Waals surface area (Å²) >= 11 is 0. The maximum atomic E-state index is 12.1. The highest BCUT2D eigenvalue weighted by atomic mass is 16.5. The van der Waals surface area contributed by atoms with Crippen molar-refractivity contribution in [3.05, 3.63) is 29.8 Å². The lowest BCUT2D eigenvalue weighted by Gasteiger charge is -2.22. The van der Waals surface area contributed by atoms with Crippen molar-refractivity contribution >= 4 is 11.9 Å². The van der Waals surface area contributed by atoms with Gasteiger partial charge in [-0.3, -0.25) is 4.79 Å². The molecule has 0 spiro atoms. The Labute approximate surface area is 137 Å². The van der Waals surface area contributed by atoms with Crippen LogP contribution >= 0.6 is 0 Å². The summed E-state index contributed by atoms with van der Waals surface area (Å²) < 4.78 is 10.3. The smallest absolute Gasteiger partial charge is 0.339 e. The predicted octanol–water partition coefficient (Wildman–Crippen LogP) is 2.94. The largest absolute Gasteiger partial charge is 0.497 e. The van der Waals surface area contributed by atoms with Crippen molar-refractivity contribution in [1.29, 1.82) is 0 Å². The SMILES string of the molecule is COc1cccc(C(=O)OC(C)C(=O)NCC2CCCCC2)c1. The molecule has 1 aromatic carbocycles. The first-order valence-electron chi connectivity index (χ1n) is 8.23. The van der Waals surface area contributed by atoms with E-state index < -0.39 is 12.1 Å². The van der Waals surface area contributed by atoms with Crippen LogP contribution in [-0.4, -0.2) is 31.6 Å². The number of carbonyl (C=O) groups excluding carboxylic acids is 2. The molecular formula is C18H25NO4. The van der Waals surface area contributed by atoms with E-state index in [0.717, 1.165) is 12.8 Å². The molecule has 0 aromatic heterocycles. The second-order valence-electron chi connectivity index (χ2n) is 6.03. The molecule has 1 aliphatic carbocycles. The van der Waals surface area contributed by atoms with Gasteiger partial charge < -0.3 is 14.8 Å². The normalized spacial score (nSPS) is 16.4. The van der Waals surface area contributed by atoms with Gasteiger partial charge in [0.2, 0.25) is 0 Å². The van der Waals surface area contributed by atoms with E-state index in [1.165, 1.54) is 26.4 Å². The Morgan fingerprint density at radius 1 is 1.26 bits per heavy atom. The molecule has 0 radical (unpaired) electrons. The summed E-state index contributed by atoms with van der Waals surface area (Å²) in [5.41, 5.74) is 0.372. The Morgan fingerprint density at radius 2 is 2.00 bits per heavy atom. The van der Waals surface area contributed by atoms with Gasteiger partial charge in [-0.1, -0.05) is 25.3 Å². The molecular weight excluding hydrogens is 294 g/mol. The van der Waals surface area contributed by atoms with E-state index in [1.807, 2.05) is 0 Å². The van der Waals surface area contributed by atoms with Crippen molar-refractivity contribution in [2.75, 3.05) is 13.7 Å². The highest BCUT2D eigenvalue weighted by Crippen LogP contribution is 2.22. The van der Waals surface area contributed by atoms with Gasteiger partial charge in [0.1, 0.15) is 5.75 Å². The zero-order valence-electron chi connectivity index (χ0n) is 13.8. The van der Waals surface area contributed by atoms with Crippen LogP contribution in [0, 0.1) is 5.92 Å². The number of carbonyl (C=O) groups is 2. The van der Waals surface area contributed by atoms with Gasteiger partial charge >= 0.3 is 5.97 Å². The van der Waals surface area contributed by atoms with Crippen molar-refractivity contribution in [1.82, 2.24) is 5.32 Å². The molecule has 1 aliphatic rings. The standard InChI is InChI=1S/C18H25NO4/c1-13(17(20)19-12-14-7-4-3-5-8-14)23-18(21)15-9-6-10-16(11-15)22-2/h6,9-11,13-14H,3-5,7-8,12H2,1-2H3,(H,19,20). The zero-order chi connectivity index (χ0) is 16.7. The van der Waals surface area contributed by atoms with Crippen LogP contribution in [0.25, 0.3) is 0 Å². The summed E-state index contributed by atoms with van der Waals surface area (Å²) in [6.07, 6.45) is 5.29. The lowest BCUT2D eigenvalue weighted by molar-refractivity contribution is -0.129.